The van der Waals surface area contributed by atoms with Gasteiger partial charge in [-0.3, -0.25) is 9.69 Å². The van der Waals surface area contributed by atoms with Crippen molar-refractivity contribution in [1.29, 1.82) is 0 Å². The van der Waals surface area contributed by atoms with Crippen molar-refractivity contribution in [2.24, 2.45) is 5.92 Å². The van der Waals surface area contributed by atoms with Gasteiger partial charge in [-0.05, 0) is 56.6 Å². The van der Waals surface area contributed by atoms with Crippen LogP contribution in [0.4, 0.5) is 0 Å². The Morgan fingerprint density at radius 3 is 2.60 bits per heavy atom. The third-order valence-corrected chi connectivity index (χ3v) is 4.31. The minimum atomic E-state index is -0.0485. The van der Waals surface area contributed by atoms with Crippen molar-refractivity contribution in [3.63, 3.8) is 0 Å². The topological polar surface area (TPSA) is 64.5 Å². The van der Waals surface area contributed by atoms with Gasteiger partial charge in [0.1, 0.15) is 5.75 Å². The van der Waals surface area contributed by atoms with E-state index in [1.54, 1.807) is 18.3 Å². The molecule has 132 valence electrons. The van der Waals surface area contributed by atoms with Gasteiger partial charge in [-0.2, -0.15) is 5.10 Å². The summed E-state index contributed by atoms with van der Waals surface area (Å²) >= 11 is 0. The minimum absolute atomic E-state index is 0.0485. The quantitative estimate of drug-likeness (QED) is 0.753. The smallest absolute Gasteiger partial charge is 0.309 e. The summed E-state index contributed by atoms with van der Waals surface area (Å²) in [6.45, 7) is 5.02. The highest BCUT2D eigenvalue weighted by molar-refractivity contribution is 5.72. The molecular weight excluding hydrogens is 318 g/mol. The molecule has 3 rings (SSSR count). The molecule has 0 unspecified atom stereocenters. The van der Waals surface area contributed by atoms with Crippen molar-refractivity contribution in [3.8, 4) is 11.6 Å². The van der Waals surface area contributed by atoms with E-state index in [4.69, 9.17) is 9.47 Å². The fourth-order valence-corrected chi connectivity index (χ4v) is 2.97. The Morgan fingerprint density at radius 2 is 1.96 bits per heavy atom. The summed E-state index contributed by atoms with van der Waals surface area (Å²) < 4.78 is 10.8. The van der Waals surface area contributed by atoms with Crippen molar-refractivity contribution < 1.29 is 14.3 Å². The molecule has 25 heavy (non-hydrogen) atoms. The zero-order valence-corrected chi connectivity index (χ0v) is 14.4. The SMILES string of the molecule is CCOC(=O)C1CCN(Cc2ccc(Oc3cccnn3)cc2)CC1. The summed E-state index contributed by atoms with van der Waals surface area (Å²) in [5.41, 5.74) is 1.22. The summed E-state index contributed by atoms with van der Waals surface area (Å²) in [6.07, 6.45) is 3.35. The van der Waals surface area contributed by atoms with Crippen molar-refractivity contribution in [2.75, 3.05) is 19.7 Å². The zero-order chi connectivity index (χ0) is 17.5. The third kappa shape index (κ3) is 5.00. The summed E-state index contributed by atoms with van der Waals surface area (Å²) in [5.74, 6) is 1.23. The molecule has 0 bridgehead atoms. The van der Waals surface area contributed by atoms with Gasteiger partial charge in [0.05, 0.1) is 12.5 Å². The van der Waals surface area contributed by atoms with Crippen LogP contribution >= 0.6 is 0 Å². The number of carbonyl (C=O) groups is 1. The fraction of sp³-hybridized carbons (Fsp3) is 0.421. The molecule has 1 saturated heterocycles. The van der Waals surface area contributed by atoms with Crippen LogP contribution in [0.15, 0.2) is 42.6 Å². The number of esters is 1. The van der Waals surface area contributed by atoms with Gasteiger partial charge in [0, 0.05) is 18.8 Å². The predicted octanol–water partition coefficient (Wildman–Crippen LogP) is 3.04. The standard InChI is InChI=1S/C19H23N3O3/c1-2-24-19(23)16-9-12-22(13-10-16)14-15-5-7-17(8-6-15)25-18-4-3-11-20-21-18/h3-8,11,16H,2,9-10,12-14H2,1H3. The molecule has 1 aromatic carbocycles. The minimum Gasteiger partial charge on any atom is -0.466 e. The Labute approximate surface area is 147 Å². The molecule has 0 atom stereocenters. The van der Waals surface area contributed by atoms with E-state index in [2.05, 4.69) is 27.2 Å². The van der Waals surface area contributed by atoms with Gasteiger partial charge < -0.3 is 9.47 Å². The zero-order valence-electron chi connectivity index (χ0n) is 14.4. The Kier molecular flexibility index (Phi) is 5.95. The molecule has 2 aromatic rings. The molecule has 1 aromatic heterocycles. The second-order valence-electron chi connectivity index (χ2n) is 6.11. The molecule has 0 N–H and O–H groups in total. The highest BCUT2D eigenvalue weighted by Crippen LogP contribution is 2.22. The number of aromatic nitrogens is 2. The maximum Gasteiger partial charge on any atom is 0.309 e. The lowest BCUT2D eigenvalue weighted by molar-refractivity contribution is -0.149. The van der Waals surface area contributed by atoms with Crippen LogP contribution < -0.4 is 4.74 Å². The first kappa shape index (κ1) is 17.4. The monoisotopic (exact) mass is 341 g/mol. The molecule has 1 fully saturated rings. The number of benzene rings is 1. The molecule has 6 heteroatoms. The van der Waals surface area contributed by atoms with Gasteiger partial charge in [-0.1, -0.05) is 12.1 Å². The average Bonchev–Trinajstić information content (AvgIpc) is 2.65. The number of hydrogen-bond donors (Lipinski definition) is 0. The lowest BCUT2D eigenvalue weighted by Crippen LogP contribution is -2.36. The average molecular weight is 341 g/mol. The van der Waals surface area contributed by atoms with Crippen LogP contribution in [0.2, 0.25) is 0 Å². The summed E-state index contributed by atoms with van der Waals surface area (Å²) in [7, 11) is 0. The Hall–Kier alpha value is -2.47. The van der Waals surface area contributed by atoms with Crippen LogP contribution in [0, 0.1) is 5.92 Å². The molecule has 1 aliphatic rings. The van der Waals surface area contributed by atoms with Crippen LogP contribution in [-0.4, -0.2) is 40.8 Å². The van der Waals surface area contributed by atoms with E-state index >= 15 is 0 Å². The first-order chi connectivity index (χ1) is 12.2. The summed E-state index contributed by atoms with van der Waals surface area (Å²) in [4.78, 5) is 14.2. The van der Waals surface area contributed by atoms with E-state index in [1.807, 2.05) is 19.1 Å². The molecule has 0 radical (unpaired) electrons. The van der Waals surface area contributed by atoms with E-state index < -0.39 is 0 Å². The molecule has 0 amide bonds. The highest BCUT2D eigenvalue weighted by Gasteiger charge is 2.25. The summed E-state index contributed by atoms with van der Waals surface area (Å²) in [5, 5.41) is 7.70. The molecule has 6 nitrogen and oxygen atoms in total. The van der Waals surface area contributed by atoms with Crippen LogP contribution in [0.3, 0.4) is 0 Å². The molecule has 0 saturated carbocycles. The van der Waals surface area contributed by atoms with E-state index in [0.29, 0.717) is 12.5 Å². The number of hydrogen-bond acceptors (Lipinski definition) is 6. The Bertz CT molecular complexity index is 668. The van der Waals surface area contributed by atoms with E-state index in [0.717, 1.165) is 38.2 Å². The van der Waals surface area contributed by atoms with Gasteiger partial charge in [0.15, 0.2) is 0 Å². The number of rotatable bonds is 6. The van der Waals surface area contributed by atoms with Crippen LogP contribution in [-0.2, 0) is 16.1 Å². The van der Waals surface area contributed by atoms with E-state index in [9.17, 15) is 4.79 Å². The molecule has 0 spiro atoms. The number of likely N-dealkylation sites (tertiary alicyclic amines) is 1. The van der Waals surface area contributed by atoms with Gasteiger partial charge in [0.25, 0.3) is 0 Å². The number of piperidine rings is 1. The maximum atomic E-state index is 11.8. The van der Waals surface area contributed by atoms with Gasteiger partial charge in [-0.15, -0.1) is 5.10 Å². The van der Waals surface area contributed by atoms with Crippen LogP contribution in [0.1, 0.15) is 25.3 Å². The lowest BCUT2D eigenvalue weighted by Gasteiger charge is -2.30. The molecule has 1 aliphatic heterocycles. The molecule has 2 heterocycles. The van der Waals surface area contributed by atoms with Gasteiger partial charge >= 0.3 is 5.97 Å². The first-order valence-corrected chi connectivity index (χ1v) is 8.68. The summed E-state index contributed by atoms with van der Waals surface area (Å²) in [6, 6.07) is 11.6. The highest BCUT2D eigenvalue weighted by atomic mass is 16.5. The van der Waals surface area contributed by atoms with Crippen LogP contribution in [0.25, 0.3) is 0 Å². The second kappa shape index (κ2) is 8.58. The Morgan fingerprint density at radius 1 is 1.20 bits per heavy atom. The van der Waals surface area contributed by atoms with Crippen molar-refractivity contribution >= 4 is 5.97 Å². The van der Waals surface area contributed by atoms with E-state index in [1.165, 1.54) is 5.56 Å². The second-order valence-corrected chi connectivity index (χ2v) is 6.11. The lowest BCUT2D eigenvalue weighted by atomic mass is 9.96. The van der Waals surface area contributed by atoms with Crippen LogP contribution in [0.5, 0.6) is 11.6 Å². The predicted molar refractivity (Wildman–Crippen MR) is 93.2 cm³/mol. The number of nitrogens with zero attached hydrogens (tertiary/aromatic N) is 3. The maximum absolute atomic E-state index is 11.8. The van der Waals surface area contributed by atoms with E-state index in [-0.39, 0.29) is 11.9 Å². The molecular formula is C19H23N3O3. The fourth-order valence-electron chi connectivity index (χ4n) is 2.97. The largest absolute Gasteiger partial charge is 0.466 e. The third-order valence-electron chi connectivity index (χ3n) is 4.31. The van der Waals surface area contributed by atoms with Crippen molar-refractivity contribution in [1.82, 2.24) is 15.1 Å². The van der Waals surface area contributed by atoms with Gasteiger partial charge in [0.2, 0.25) is 5.88 Å². The van der Waals surface area contributed by atoms with Crippen molar-refractivity contribution in [3.05, 3.63) is 48.2 Å². The Balaban J connectivity index is 1.48. The first-order valence-electron chi connectivity index (χ1n) is 8.68. The molecule has 0 aliphatic carbocycles. The number of ether oxygens (including phenoxy) is 2. The van der Waals surface area contributed by atoms with Crippen molar-refractivity contribution in [2.45, 2.75) is 26.3 Å². The number of carbonyl (C=O) groups excluding carboxylic acids is 1. The normalized spacial score (nSPS) is 15.7. The van der Waals surface area contributed by atoms with Gasteiger partial charge in [-0.25, -0.2) is 0 Å².